The van der Waals surface area contributed by atoms with Crippen LogP contribution in [0.4, 0.5) is 0 Å². The summed E-state index contributed by atoms with van der Waals surface area (Å²) in [6.07, 6.45) is 6.49. The highest BCUT2D eigenvalue weighted by atomic mass is 16.2. The van der Waals surface area contributed by atoms with E-state index < -0.39 is 0 Å². The van der Waals surface area contributed by atoms with Crippen LogP contribution in [-0.2, 0) is 17.8 Å². The smallest absolute Gasteiger partial charge is 0.242 e. The van der Waals surface area contributed by atoms with Gasteiger partial charge in [0.25, 0.3) is 0 Å². The van der Waals surface area contributed by atoms with E-state index in [0.717, 1.165) is 47.7 Å². The second-order valence-corrected chi connectivity index (χ2v) is 6.74. The average molecular weight is 350 g/mol. The van der Waals surface area contributed by atoms with E-state index >= 15 is 0 Å². The number of nitrogens with zero attached hydrogens (tertiary/aromatic N) is 5. The predicted octanol–water partition coefficient (Wildman–Crippen LogP) is 2.27. The van der Waals surface area contributed by atoms with Gasteiger partial charge in [0, 0.05) is 17.5 Å². The second kappa shape index (κ2) is 6.74. The number of pyridine rings is 1. The molecule has 1 aliphatic carbocycles. The van der Waals surface area contributed by atoms with E-state index in [2.05, 4.69) is 20.5 Å². The molecule has 0 bridgehead atoms. The molecule has 0 saturated carbocycles. The number of aromatic nitrogens is 5. The summed E-state index contributed by atoms with van der Waals surface area (Å²) in [5.74, 6) is 0.781. The summed E-state index contributed by atoms with van der Waals surface area (Å²) in [6.45, 7) is 4.13. The molecule has 1 amide bonds. The van der Waals surface area contributed by atoms with Crippen LogP contribution >= 0.6 is 0 Å². The topological polar surface area (TPSA) is 77.6 Å². The van der Waals surface area contributed by atoms with E-state index in [1.807, 2.05) is 49.0 Å². The van der Waals surface area contributed by atoms with Gasteiger partial charge in [0.15, 0.2) is 5.82 Å². The van der Waals surface area contributed by atoms with Crippen molar-refractivity contribution in [2.75, 3.05) is 0 Å². The lowest BCUT2D eigenvalue weighted by atomic mass is 9.93. The molecule has 0 unspecified atom stereocenters. The Hall–Kier alpha value is -2.96. The molecule has 3 aromatic rings. The zero-order chi connectivity index (χ0) is 18.1. The Morgan fingerprint density at radius 3 is 2.96 bits per heavy atom. The van der Waals surface area contributed by atoms with Crippen molar-refractivity contribution in [3.63, 3.8) is 0 Å². The Balaban J connectivity index is 1.52. The Kier molecular flexibility index (Phi) is 4.28. The van der Waals surface area contributed by atoms with Gasteiger partial charge in [-0.25, -0.2) is 9.67 Å². The van der Waals surface area contributed by atoms with E-state index in [0.29, 0.717) is 0 Å². The van der Waals surface area contributed by atoms with E-state index in [1.165, 1.54) is 0 Å². The van der Waals surface area contributed by atoms with Crippen molar-refractivity contribution >= 4 is 5.91 Å². The van der Waals surface area contributed by atoms with Crippen LogP contribution in [0.5, 0.6) is 0 Å². The normalized spacial score (nSPS) is 16.3. The number of fused-ring (bicyclic) bond motifs is 1. The van der Waals surface area contributed by atoms with Gasteiger partial charge in [0.05, 0.1) is 23.6 Å². The molecular weight excluding hydrogens is 328 g/mol. The molecule has 0 radical (unpaired) electrons. The van der Waals surface area contributed by atoms with Gasteiger partial charge in [-0.1, -0.05) is 6.07 Å². The van der Waals surface area contributed by atoms with Crippen LogP contribution in [0, 0.1) is 13.8 Å². The minimum Gasteiger partial charge on any atom is -0.348 e. The van der Waals surface area contributed by atoms with Crippen LogP contribution in [-0.4, -0.2) is 30.5 Å². The fourth-order valence-electron chi connectivity index (χ4n) is 3.59. The summed E-state index contributed by atoms with van der Waals surface area (Å²) in [4.78, 5) is 16.9. The SMILES string of the molecule is Cc1cc(C)n(CC(=O)N[C@@H]2CCCc3c2cnn3-c2ccccn2)n1. The van der Waals surface area contributed by atoms with E-state index in [4.69, 9.17) is 0 Å². The van der Waals surface area contributed by atoms with Crippen molar-refractivity contribution in [3.05, 3.63) is 59.3 Å². The Labute approximate surface area is 152 Å². The first kappa shape index (κ1) is 16.5. The Morgan fingerprint density at radius 2 is 2.23 bits per heavy atom. The van der Waals surface area contributed by atoms with Gasteiger partial charge in [0.1, 0.15) is 6.54 Å². The average Bonchev–Trinajstić information content (AvgIpc) is 3.19. The first-order valence-corrected chi connectivity index (χ1v) is 8.90. The molecule has 134 valence electrons. The zero-order valence-corrected chi connectivity index (χ0v) is 15.0. The minimum atomic E-state index is -0.0281. The molecule has 3 heterocycles. The molecule has 1 aliphatic rings. The number of nitrogens with one attached hydrogen (secondary N) is 1. The quantitative estimate of drug-likeness (QED) is 0.783. The molecule has 3 aromatic heterocycles. The van der Waals surface area contributed by atoms with Crippen LogP contribution in [0.15, 0.2) is 36.7 Å². The van der Waals surface area contributed by atoms with Crippen molar-refractivity contribution in [1.29, 1.82) is 0 Å². The van der Waals surface area contributed by atoms with Gasteiger partial charge in [-0.2, -0.15) is 10.2 Å². The van der Waals surface area contributed by atoms with Crippen molar-refractivity contribution in [3.8, 4) is 5.82 Å². The van der Waals surface area contributed by atoms with Crippen LogP contribution < -0.4 is 5.32 Å². The van der Waals surface area contributed by atoms with Gasteiger partial charge < -0.3 is 5.32 Å². The van der Waals surface area contributed by atoms with Crippen LogP contribution in [0.1, 0.15) is 41.5 Å². The third-order valence-electron chi connectivity index (χ3n) is 4.78. The number of carbonyl (C=O) groups is 1. The molecule has 0 saturated heterocycles. The summed E-state index contributed by atoms with van der Waals surface area (Å²) in [6, 6.07) is 7.75. The molecule has 0 aliphatic heterocycles. The van der Waals surface area contributed by atoms with Gasteiger partial charge >= 0.3 is 0 Å². The van der Waals surface area contributed by atoms with Crippen molar-refractivity contribution in [2.45, 2.75) is 45.7 Å². The summed E-state index contributed by atoms with van der Waals surface area (Å²) in [7, 11) is 0. The van der Waals surface area contributed by atoms with E-state index in [-0.39, 0.29) is 18.5 Å². The number of aryl methyl sites for hydroxylation is 2. The Morgan fingerprint density at radius 1 is 1.35 bits per heavy atom. The molecule has 0 aromatic carbocycles. The lowest BCUT2D eigenvalue weighted by Gasteiger charge is -2.24. The lowest BCUT2D eigenvalue weighted by Crippen LogP contribution is -2.34. The molecule has 26 heavy (non-hydrogen) atoms. The van der Waals surface area contributed by atoms with Crippen molar-refractivity contribution < 1.29 is 4.79 Å². The van der Waals surface area contributed by atoms with Crippen molar-refractivity contribution in [1.82, 2.24) is 29.9 Å². The largest absolute Gasteiger partial charge is 0.348 e. The molecule has 1 atom stereocenters. The van der Waals surface area contributed by atoms with Gasteiger partial charge in [-0.15, -0.1) is 0 Å². The molecule has 7 heteroatoms. The van der Waals surface area contributed by atoms with E-state index in [1.54, 1.807) is 10.9 Å². The maximum atomic E-state index is 12.5. The molecule has 1 N–H and O–H groups in total. The molecule has 0 fully saturated rings. The minimum absolute atomic E-state index is 0.0133. The monoisotopic (exact) mass is 350 g/mol. The van der Waals surface area contributed by atoms with E-state index in [9.17, 15) is 4.79 Å². The third kappa shape index (κ3) is 3.12. The molecular formula is C19H22N6O. The first-order chi connectivity index (χ1) is 12.6. The maximum absolute atomic E-state index is 12.5. The lowest BCUT2D eigenvalue weighted by molar-refractivity contribution is -0.122. The molecule has 7 nitrogen and oxygen atoms in total. The summed E-state index contributed by atoms with van der Waals surface area (Å²) >= 11 is 0. The fourth-order valence-corrected chi connectivity index (χ4v) is 3.59. The zero-order valence-electron chi connectivity index (χ0n) is 15.0. The van der Waals surface area contributed by atoms with Crippen LogP contribution in [0.2, 0.25) is 0 Å². The number of carbonyl (C=O) groups excluding carboxylic acids is 1. The first-order valence-electron chi connectivity index (χ1n) is 8.90. The number of rotatable bonds is 4. The Bertz CT molecular complexity index is 927. The van der Waals surface area contributed by atoms with Gasteiger partial charge in [-0.3, -0.25) is 9.48 Å². The van der Waals surface area contributed by atoms with Gasteiger partial charge in [-0.05, 0) is 51.3 Å². The third-order valence-corrected chi connectivity index (χ3v) is 4.78. The highest BCUT2D eigenvalue weighted by molar-refractivity contribution is 5.76. The number of hydrogen-bond donors (Lipinski definition) is 1. The molecule has 4 rings (SSSR count). The summed E-state index contributed by atoms with van der Waals surface area (Å²) in [5.41, 5.74) is 4.13. The van der Waals surface area contributed by atoms with Gasteiger partial charge in [0.2, 0.25) is 5.91 Å². The van der Waals surface area contributed by atoms with Crippen LogP contribution in [0.25, 0.3) is 5.82 Å². The number of amides is 1. The molecule has 0 spiro atoms. The standard InChI is InChI=1S/C19H22N6O/c1-13-10-14(2)24(23-13)12-19(26)22-16-6-5-7-17-15(16)11-21-25(17)18-8-3-4-9-20-18/h3-4,8-11,16H,5-7,12H2,1-2H3,(H,22,26)/t16-/m1/s1. The fraction of sp³-hybridized carbons (Fsp3) is 0.368. The second-order valence-electron chi connectivity index (χ2n) is 6.74. The predicted molar refractivity (Wildman–Crippen MR) is 96.9 cm³/mol. The highest BCUT2D eigenvalue weighted by Gasteiger charge is 2.26. The summed E-state index contributed by atoms with van der Waals surface area (Å²) < 4.78 is 3.63. The maximum Gasteiger partial charge on any atom is 0.242 e. The number of hydrogen-bond acceptors (Lipinski definition) is 4. The highest BCUT2D eigenvalue weighted by Crippen LogP contribution is 2.30. The van der Waals surface area contributed by atoms with Crippen molar-refractivity contribution in [2.24, 2.45) is 0 Å². The summed E-state index contributed by atoms with van der Waals surface area (Å²) in [5, 5.41) is 12.0. The van der Waals surface area contributed by atoms with Crippen LogP contribution in [0.3, 0.4) is 0 Å².